The van der Waals surface area contributed by atoms with E-state index < -0.39 is 0 Å². The molecule has 0 aromatic heterocycles. The van der Waals surface area contributed by atoms with Gasteiger partial charge in [0.05, 0.1) is 0 Å². The molecule has 0 aromatic rings. The summed E-state index contributed by atoms with van der Waals surface area (Å²) < 4.78 is 0. The van der Waals surface area contributed by atoms with Gasteiger partial charge in [0.15, 0.2) is 0 Å². The molecule has 0 rings (SSSR count). The Labute approximate surface area is 113 Å². The van der Waals surface area contributed by atoms with Gasteiger partial charge in [0, 0.05) is 21.7 Å². The average Bonchev–Trinajstić information content (AvgIpc) is 0. The Bertz CT molecular complexity index is 14.9. The monoisotopic (exact) mass is 244 g/mol. The first-order chi connectivity index (χ1) is 0. The zero-order valence-corrected chi connectivity index (χ0v) is 10.2. The number of hydrogen-bond donors (Lipinski definition) is 0. The molecule has 0 atom stereocenters. The van der Waals surface area contributed by atoms with E-state index in [9.17, 15) is 0 Å². The molecule has 0 spiro atoms. The minimum atomic E-state index is 0. The Hall–Kier alpha value is 3.50. The Morgan fingerprint density at radius 2 is 1.25 bits per heavy atom. The summed E-state index contributed by atoms with van der Waals surface area (Å²) in [5, 5.41) is 0. The molecule has 0 aliphatic carbocycles. The average molecular weight is 243 g/mol. The van der Waals surface area contributed by atoms with E-state index in [1.807, 2.05) is 0 Å². The predicted molar refractivity (Wildman–Crippen MR) is 20.4 cm³/mol. The van der Waals surface area contributed by atoms with Crippen LogP contribution in [0.3, 0.4) is 0 Å². The van der Waals surface area contributed by atoms with E-state index in [1.165, 1.54) is 0 Å². The minimum Gasteiger partial charge on any atom is -1.00 e. The van der Waals surface area contributed by atoms with Crippen LogP contribution in [0.2, 0.25) is 0 Å². The summed E-state index contributed by atoms with van der Waals surface area (Å²) >= 11 is 0. The van der Waals surface area contributed by atoms with Gasteiger partial charge in [-0.1, -0.05) is 0 Å². The second-order valence-corrected chi connectivity index (χ2v) is 0. The van der Waals surface area contributed by atoms with Gasteiger partial charge in [-0.2, -0.15) is 0 Å². The quantitative estimate of drug-likeness (QED) is 0.376. The SMILES string of the molecule is [Ba+2].[H-].[H-].[H-].[Na+].[SiH4].[Ti]. The van der Waals surface area contributed by atoms with E-state index in [4.69, 9.17) is 0 Å². The van der Waals surface area contributed by atoms with Crippen molar-refractivity contribution >= 4 is 59.8 Å². The molecule has 0 aromatic carbocycles. The molecule has 0 saturated heterocycles. The van der Waals surface area contributed by atoms with Gasteiger partial charge in [-0.05, 0) is 11.0 Å². The Kier molecular flexibility index (Phi) is 104. The summed E-state index contributed by atoms with van der Waals surface area (Å²) in [6.45, 7) is 0. The van der Waals surface area contributed by atoms with Gasteiger partial charge in [-0.15, -0.1) is 0 Å². The zero-order chi connectivity index (χ0) is 0. The molecule has 0 nitrogen and oxygen atoms in total. The molecule has 0 radical (unpaired) electrons. The predicted octanol–water partition coefficient (Wildman–Crippen LogP) is -4.49. The van der Waals surface area contributed by atoms with E-state index in [2.05, 4.69) is 0 Å². The molecule has 0 saturated carbocycles. The Balaban J connectivity index is 0. The van der Waals surface area contributed by atoms with Crippen LogP contribution in [0.4, 0.5) is 0 Å². The first kappa shape index (κ1) is 25.9. The van der Waals surface area contributed by atoms with Crippen LogP contribution in [0.1, 0.15) is 4.28 Å². The molecule has 4 heteroatoms. The van der Waals surface area contributed by atoms with Crippen molar-refractivity contribution in [2.45, 2.75) is 0 Å². The third-order valence-electron chi connectivity index (χ3n) is 0. The summed E-state index contributed by atoms with van der Waals surface area (Å²) in [5.41, 5.74) is 0. The fraction of sp³-hybridized carbons (Fsp3) is 0. The van der Waals surface area contributed by atoms with E-state index in [0.717, 1.165) is 0 Å². The topological polar surface area (TPSA) is 0 Å². The number of rotatable bonds is 0. The fourth-order valence-corrected chi connectivity index (χ4v) is 0. The molecule has 0 unspecified atom stereocenters. The molecule has 0 aliphatic rings. The second-order valence-electron chi connectivity index (χ2n) is 0. The fourth-order valence-electron chi connectivity index (χ4n) is 0. The van der Waals surface area contributed by atoms with Crippen LogP contribution in [0.15, 0.2) is 0 Å². The first-order valence-electron chi connectivity index (χ1n) is 0. The van der Waals surface area contributed by atoms with Crippen molar-refractivity contribution in [2.24, 2.45) is 0 Å². The van der Waals surface area contributed by atoms with Gasteiger partial charge in [0.2, 0.25) is 0 Å². The van der Waals surface area contributed by atoms with Crippen molar-refractivity contribution in [2.75, 3.05) is 0 Å². The standard InChI is InChI=1S/Ba.Na.H4Si.Ti.3H/h;;1H4;;;;/q+2;+1;;;3*-1. The molecule has 0 aliphatic heterocycles. The van der Waals surface area contributed by atoms with Crippen molar-refractivity contribution in [3.8, 4) is 0 Å². The van der Waals surface area contributed by atoms with Gasteiger partial charge >= 0.3 is 78.4 Å². The second kappa shape index (κ2) is 16.0. The minimum absolute atomic E-state index is 0. The van der Waals surface area contributed by atoms with E-state index in [0.29, 0.717) is 0 Å². The first-order valence-corrected chi connectivity index (χ1v) is 0. The molecule has 0 heterocycles. The smallest absolute Gasteiger partial charge is 1.00 e. The maximum Gasteiger partial charge on any atom is 2.00 e. The summed E-state index contributed by atoms with van der Waals surface area (Å²) in [6.07, 6.45) is 0. The molecule has 18 valence electrons. The van der Waals surface area contributed by atoms with Crippen LogP contribution in [0.25, 0.3) is 0 Å². The summed E-state index contributed by atoms with van der Waals surface area (Å²) in [7, 11) is 0. The van der Waals surface area contributed by atoms with Crippen molar-refractivity contribution < 1.29 is 55.6 Å². The van der Waals surface area contributed by atoms with Gasteiger partial charge < -0.3 is 4.28 Å². The van der Waals surface area contributed by atoms with Crippen molar-refractivity contribution in [1.82, 2.24) is 0 Å². The van der Waals surface area contributed by atoms with E-state index in [-0.39, 0.29) is 115 Å². The molecule has 0 fully saturated rings. The molecule has 4 heavy (non-hydrogen) atoms. The van der Waals surface area contributed by atoms with Crippen molar-refractivity contribution in [3.63, 3.8) is 0 Å². The van der Waals surface area contributed by atoms with Gasteiger partial charge in [0.1, 0.15) is 0 Å². The van der Waals surface area contributed by atoms with Crippen LogP contribution in [-0.2, 0) is 21.7 Å². The van der Waals surface area contributed by atoms with Gasteiger partial charge in [-0.25, -0.2) is 0 Å². The van der Waals surface area contributed by atoms with E-state index >= 15 is 0 Å². The molecule has 0 amide bonds. The van der Waals surface area contributed by atoms with Gasteiger partial charge in [-0.3, -0.25) is 0 Å². The third-order valence-corrected chi connectivity index (χ3v) is 0. The third kappa shape index (κ3) is 9.09. The summed E-state index contributed by atoms with van der Waals surface area (Å²) in [4.78, 5) is 0. The van der Waals surface area contributed by atoms with E-state index in [1.54, 1.807) is 0 Å². The maximum absolute atomic E-state index is 0. The van der Waals surface area contributed by atoms with Crippen LogP contribution >= 0.6 is 0 Å². The van der Waals surface area contributed by atoms with Gasteiger partial charge in [0.25, 0.3) is 0 Å². The molecular formula is H7BaNaSiTi. The van der Waals surface area contributed by atoms with Crippen LogP contribution in [0, 0.1) is 0 Å². The summed E-state index contributed by atoms with van der Waals surface area (Å²) in [6, 6.07) is 0. The zero-order valence-electron chi connectivity index (χ0n) is 5.21. The van der Waals surface area contributed by atoms with Crippen molar-refractivity contribution in [1.29, 1.82) is 0 Å². The van der Waals surface area contributed by atoms with Crippen LogP contribution < -0.4 is 29.6 Å². The van der Waals surface area contributed by atoms with Crippen LogP contribution in [-0.4, -0.2) is 59.8 Å². The summed E-state index contributed by atoms with van der Waals surface area (Å²) in [5.74, 6) is 0. The molecular weight excluding hydrogens is 236 g/mol. The normalized spacial score (nSPS) is 0. The maximum atomic E-state index is 0. The largest absolute Gasteiger partial charge is 2.00 e. The molecule has 0 bridgehead atoms. The Morgan fingerprint density at radius 1 is 1.25 bits per heavy atom. The van der Waals surface area contributed by atoms with Crippen LogP contribution in [0.5, 0.6) is 0 Å². The Morgan fingerprint density at radius 3 is 1.25 bits per heavy atom. The number of hydrogen-bond acceptors (Lipinski definition) is 0. The molecule has 0 N–H and O–H groups in total. The van der Waals surface area contributed by atoms with Crippen molar-refractivity contribution in [3.05, 3.63) is 0 Å².